The largest absolute Gasteiger partial charge is 0.508 e. The Morgan fingerprint density at radius 1 is 1.14 bits per heavy atom. The summed E-state index contributed by atoms with van der Waals surface area (Å²) in [6, 6.07) is 8.18. The van der Waals surface area contributed by atoms with Crippen LogP contribution in [-0.4, -0.2) is 22.2 Å². The molecule has 2 aromatic carbocycles. The van der Waals surface area contributed by atoms with Gasteiger partial charge in [-0.25, -0.2) is 0 Å². The van der Waals surface area contributed by atoms with Crippen LogP contribution in [0.3, 0.4) is 0 Å². The maximum Gasteiger partial charge on any atom is 0.320 e. The summed E-state index contributed by atoms with van der Waals surface area (Å²) in [5.41, 5.74) is 7.39. The number of aromatic hydroxyl groups is 1. The molecule has 0 radical (unpaired) electrons. The molecule has 2 rings (SSSR count). The standard InChI is InChI=1S/C21H25I2NO4/c1-2-3-4-5-6-14-12-15(7-8-19(14)25)28-20-16(22)9-13(10-17(20)23)11-18(24)21(26)27/h7-10,12,18,25H,2-6,11,24H2,1H3,(H,26,27)/t18-/m0/s1. The van der Waals surface area contributed by atoms with E-state index in [1.165, 1.54) is 12.8 Å². The number of unbranched alkanes of at least 4 members (excludes halogenated alkanes) is 3. The number of rotatable bonds is 10. The van der Waals surface area contributed by atoms with Crippen LogP contribution < -0.4 is 10.5 Å². The highest BCUT2D eigenvalue weighted by Crippen LogP contribution is 2.35. The summed E-state index contributed by atoms with van der Waals surface area (Å²) < 4.78 is 7.86. The molecule has 0 saturated heterocycles. The summed E-state index contributed by atoms with van der Waals surface area (Å²) in [5.74, 6) is 0.678. The van der Waals surface area contributed by atoms with Crippen LogP contribution in [0.25, 0.3) is 0 Å². The Bertz CT molecular complexity index is 803. The van der Waals surface area contributed by atoms with Crippen LogP contribution in [0, 0.1) is 7.14 Å². The van der Waals surface area contributed by atoms with E-state index in [0.717, 1.165) is 43.3 Å². The topological polar surface area (TPSA) is 92.8 Å². The maximum absolute atomic E-state index is 11.0. The van der Waals surface area contributed by atoms with Crippen molar-refractivity contribution in [2.45, 2.75) is 51.5 Å². The molecule has 5 nitrogen and oxygen atoms in total. The van der Waals surface area contributed by atoms with Gasteiger partial charge in [-0.3, -0.25) is 4.79 Å². The van der Waals surface area contributed by atoms with E-state index in [4.69, 9.17) is 15.6 Å². The zero-order valence-corrected chi connectivity index (χ0v) is 20.1. The van der Waals surface area contributed by atoms with Crippen molar-refractivity contribution in [3.63, 3.8) is 0 Å². The Labute approximate surface area is 193 Å². The number of benzene rings is 2. The van der Waals surface area contributed by atoms with Crippen molar-refractivity contribution in [1.29, 1.82) is 0 Å². The number of carbonyl (C=O) groups is 1. The van der Waals surface area contributed by atoms with Gasteiger partial charge in [0.2, 0.25) is 0 Å². The average Bonchev–Trinajstić information content (AvgIpc) is 2.63. The van der Waals surface area contributed by atoms with Crippen molar-refractivity contribution in [2.24, 2.45) is 5.73 Å². The zero-order chi connectivity index (χ0) is 20.7. The number of phenolic OH excluding ortho intramolecular Hbond substituents is 1. The van der Waals surface area contributed by atoms with Gasteiger partial charge in [0.1, 0.15) is 17.5 Å². The predicted molar refractivity (Wildman–Crippen MR) is 127 cm³/mol. The van der Waals surface area contributed by atoms with E-state index in [9.17, 15) is 9.90 Å². The number of aryl methyl sites for hydroxylation is 1. The molecule has 0 spiro atoms. The number of carboxylic acids is 1. The molecule has 0 aliphatic carbocycles. The Morgan fingerprint density at radius 2 is 1.82 bits per heavy atom. The van der Waals surface area contributed by atoms with E-state index < -0.39 is 12.0 Å². The first kappa shape index (κ1) is 23.2. The minimum absolute atomic E-state index is 0.267. The van der Waals surface area contributed by atoms with Crippen LogP contribution in [0.5, 0.6) is 17.2 Å². The van der Waals surface area contributed by atoms with Gasteiger partial charge in [0.05, 0.1) is 7.14 Å². The summed E-state index contributed by atoms with van der Waals surface area (Å²) in [4.78, 5) is 11.0. The SMILES string of the molecule is CCCCCCc1cc(Oc2c(I)cc(C[C@H](N)C(=O)O)cc2I)ccc1O. The Kier molecular flexibility index (Phi) is 9.29. The molecule has 1 atom stereocenters. The zero-order valence-electron chi connectivity index (χ0n) is 15.8. The van der Waals surface area contributed by atoms with Crippen LogP contribution in [0.4, 0.5) is 0 Å². The highest BCUT2D eigenvalue weighted by atomic mass is 127. The van der Waals surface area contributed by atoms with E-state index in [0.29, 0.717) is 11.5 Å². The minimum Gasteiger partial charge on any atom is -0.508 e. The number of nitrogens with two attached hydrogens (primary N) is 1. The van der Waals surface area contributed by atoms with Crippen molar-refractivity contribution >= 4 is 51.2 Å². The fraction of sp³-hybridized carbons (Fsp3) is 0.381. The van der Waals surface area contributed by atoms with Gasteiger partial charge in [-0.1, -0.05) is 26.2 Å². The van der Waals surface area contributed by atoms with E-state index >= 15 is 0 Å². The van der Waals surface area contributed by atoms with E-state index in [2.05, 4.69) is 52.1 Å². The molecule has 2 aromatic rings. The molecule has 0 aliphatic rings. The molecule has 0 aromatic heterocycles. The van der Waals surface area contributed by atoms with Crippen molar-refractivity contribution in [3.05, 3.63) is 48.6 Å². The maximum atomic E-state index is 11.0. The van der Waals surface area contributed by atoms with Gasteiger partial charge in [0, 0.05) is 0 Å². The van der Waals surface area contributed by atoms with Crippen LogP contribution >= 0.6 is 45.2 Å². The highest BCUT2D eigenvalue weighted by molar-refractivity contribution is 14.1. The fourth-order valence-electron chi connectivity index (χ4n) is 2.85. The molecular weight excluding hydrogens is 584 g/mol. The highest BCUT2D eigenvalue weighted by Gasteiger charge is 2.16. The number of hydrogen-bond acceptors (Lipinski definition) is 4. The van der Waals surface area contributed by atoms with Crippen LogP contribution in [0.1, 0.15) is 43.7 Å². The minimum atomic E-state index is -1.01. The lowest BCUT2D eigenvalue weighted by atomic mass is 10.0. The molecule has 152 valence electrons. The van der Waals surface area contributed by atoms with Gasteiger partial charge < -0.3 is 20.7 Å². The number of halogens is 2. The van der Waals surface area contributed by atoms with Crippen molar-refractivity contribution < 1.29 is 19.7 Å². The first-order valence-electron chi connectivity index (χ1n) is 9.27. The summed E-state index contributed by atoms with van der Waals surface area (Å²) in [6.07, 6.45) is 5.66. The third-order valence-corrected chi connectivity index (χ3v) is 6.00. The number of aliphatic carboxylic acids is 1. The Balaban J connectivity index is 2.15. The number of hydrogen-bond donors (Lipinski definition) is 3. The monoisotopic (exact) mass is 609 g/mol. The number of phenols is 1. The van der Waals surface area contributed by atoms with Gasteiger partial charge in [-0.2, -0.15) is 0 Å². The molecule has 0 unspecified atom stereocenters. The first-order chi connectivity index (χ1) is 13.3. The van der Waals surface area contributed by atoms with Crippen molar-refractivity contribution in [1.82, 2.24) is 0 Å². The summed E-state index contributed by atoms with van der Waals surface area (Å²) >= 11 is 4.36. The second kappa shape index (κ2) is 11.2. The van der Waals surface area contributed by atoms with E-state index in [1.54, 1.807) is 12.1 Å². The van der Waals surface area contributed by atoms with Gasteiger partial charge in [-0.05, 0) is 106 Å². The van der Waals surface area contributed by atoms with Gasteiger partial charge in [0.15, 0.2) is 5.75 Å². The smallest absolute Gasteiger partial charge is 0.320 e. The van der Waals surface area contributed by atoms with Crippen LogP contribution in [0.2, 0.25) is 0 Å². The molecule has 28 heavy (non-hydrogen) atoms. The third kappa shape index (κ3) is 6.77. The summed E-state index contributed by atoms with van der Waals surface area (Å²) in [6.45, 7) is 2.18. The lowest BCUT2D eigenvalue weighted by Crippen LogP contribution is -2.32. The lowest BCUT2D eigenvalue weighted by Gasteiger charge is -2.14. The average molecular weight is 609 g/mol. The quantitative estimate of drug-likeness (QED) is 0.246. The second-order valence-electron chi connectivity index (χ2n) is 6.74. The Morgan fingerprint density at radius 3 is 2.43 bits per heavy atom. The van der Waals surface area contributed by atoms with Crippen LogP contribution in [-0.2, 0) is 17.6 Å². The van der Waals surface area contributed by atoms with Gasteiger partial charge >= 0.3 is 5.97 Å². The predicted octanol–water partition coefficient (Wildman–Crippen LogP) is 5.47. The van der Waals surface area contributed by atoms with Crippen LogP contribution in [0.15, 0.2) is 30.3 Å². The molecule has 0 amide bonds. The second-order valence-corrected chi connectivity index (χ2v) is 9.07. The lowest BCUT2D eigenvalue weighted by molar-refractivity contribution is -0.138. The molecule has 0 saturated carbocycles. The molecule has 4 N–H and O–H groups in total. The number of ether oxygens (including phenoxy) is 1. The first-order valence-corrected chi connectivity index (χ1v) is 11.4. The fourth-order valence-corrected chi connectivity index (χ4v) is 4.97. The molecule has 0 aliphatic heterocycles. The molecule has 0 bridgehead atoms. The molecular formula is C21H25I2NO4. The van der Waals surface area contributed by atoms with Crippen molar-refractivity contribution in [3.8, 4) is 17.2 Å². The van der Waals surface area contributed by atoms with E-state index in [1.807, 2.05) is 18.2 Å². The summed E-state index contributed by atoms with van der Waals surface area (Å²) in [5, 5.41) is 19.1. The van der Waals surface area contributed by atoms with Gasteiger partial charge in [-0.15, -0.1) is 0 Å². The van der Waals surface area contributed by atoms with Crippen molar-refractivity contribution in [2.75, 3.05) is 0 Å². The molecule has 7 heteroatoms. The molecule has 0 fully saturated rings. The Hall–Kier alpha value is -1.07. The summed E-state index contributed by atoms with van der Waals surface area (Å²) in [7, 11) is 0. The normalized spacial score (nSPS) is 12.0. The molecule has 0 heterocycles. The van der Waals surface area contributed by atoms with Gasteiger partial charge in [0.25, 0.3) is 0 Å². The van der Waals surface area contributed by atoms with E-state index in [-0.39, 0.29) is 6.42 Å². The number of carboxylic acid groups (broad SMARTS) is 1. The third-order valence-electron chi connectivity index (χ3n) is 4.40.